The van der Waals surface area contributed by atoms with Crippen LogP contribution in [0.4, 0.5) is 0 Å². The summed E-state index contributed by atoms with van der Waals surface area (Å²) in [5, 5.41) is 8.72. The molecule has 3 heteroatoms. The van der Waals surface area contributed by atoms with Crippen molar-refractivity contribution in [1.29, 1.82) is 5.26 Å². The summed E-state index contributed by atoms with van der Waals surface area (Å²) in [6.07, 6.45) is 0. The van der Waals surface area contributed by atoms with Crippen LogP contribution in [0.15, 0.2) is 30.3 Å². The van der Waals surface area contributed by atoms with Gasteiger partial charge in [0.2, 0.25) is 5.91 Å². The molecule has 1 atom stereocenters. The molecule has 84 valence electrons. The smallest absolute Gasteiger partial charge is 0.239 e. The van der Waals surface area contributed by atoms with Gasteiger partial charge in [0.15, 0.2) is 0 Å². The van der Waals surface area contributed by atoms with Crippen molar-refractivity contribution in [3.63, 3.8) is 0 Å². The summed E-state index contributed by atoms with van der Waals surface area (Å²) in [5.74, 6) is -0.669. The zero-order valence-corrected chi connectivity index (χ0v) is 9.68. The van der Waals surface area contributed by atoms with Crippen molar-refractivity contribution >= 4 is 5.91 Å². The lowest BCUT2D eigenvalue weighted by Gasteiger charge is -2.22. The van der Waals surface area contributed by atoms with Crippen LogP contribution in [0.3, 0.4) is 0 Å². The number of benzene rings is 1. The van der Waals surface area contributed by atoms with Crippen LogP contribution in [0.2, 0.25) is 0 Å². The van der Waals surface area contributed by atoms with Crippen LogP contribution >= 0.6 is 0 Å². The topological polar surface area (TPSA) is 44.1 Å². The molecule has 0 saturated carbocycles. The molecule has 0 heterocycles. The minimum Gasteiger partial charge on any atom is -0.338 e. The first-order chi connectivity index (χ1) is 7.69. The standard InChI is InChI=1S/C13H16N2O/c1-3-15(13(16)11(2)9-14)10-12-7-5-4-6-8-12/h4-8,11H,3,10H2,1-2H3. The van der Waals surface area contributed by atoms with Crippen LogP contribution < -0.4 is 0 Å². The third-order valence-corrected chi connectivity index (χ3v) is 2.47. The lowest BCUT2D eigenvalue weighted by molar-refractivity contribution is -0.133. The number of hydrogen-bond donors (Lipinski definition) is 0. The third-order valence-electron chi connectivity index (χ3n) is 2.47. The minimum atomic E-state index is -0.566. The van der Waals surface area contributed by atoms with E-state index in [9.17, 15) is 4.79 Å². The second-order valence-corrected chi connectivity index (χ2v) is 3.69. The molecule has 0 bridgehead atoms. The van der Waals surface area contributed by atoms with Crippen molar-refractivity contribution in [2.75, 3.05) is 6.54 Å². The molecule has 0 N–H and O–H groups in total. The molecule has 1 unspecified atom stereocenters. The number of amides is 1. The molecule has 0 radical (unpaired) electrons. The Labute approximate surface area is 96.3 Å². The van der Waals surface area contributed by atoms with Crippen LogP contribution in [0.25, 0.3) is 0 Å². The first kappa shape index (κ1) is 12.3. The number of carbonyl (C=O) groups is 1. The number of nitrogens with zero attached hydrogens (tertiary/aromatic N) is 2. The van der Waals surface area contributed by atoms with Crippen LogP contribution in [-0.4, -0.2) is 17.4 Å². The molecule has 0 spiro atoms. The Kier molecular flexibility index (Phi) is 4.53. The van der Waals surface area contributed by atoms with Gasteiger partial charge in [-0.1, -0.05) is 30.3 Å². The largest absolute Gasteiger partial charge is 0.338 e. The number of nitriles is 1. The summed E-state index contributed by atoms with van der Waals surface area (Å²) in [7, 11) is 0. The molecule has 0 saturated heterocycles. The van der Waals surface area contributed by atoms with Crippen molar-refractivity contribution in [1.82, 2.24) is 4.90 Å². The molecule has 1 aromatic rings. The summed E-state index contributed by atoms with van der Waals surface area (Å²) in [5.41, 5.74) is 1.09. The normalized spacial score (nSPS) is 11.6. The Balaban J connectivity index is 2.70. The Morgan fingerprint density at radius 3 is 2.56 bits per heavy atom. The fourth-order valence-corrected chi connectivity index (χ4v) is 1.48. The van der Waals surface area contributed by atoms with Crippen molar-refractivity contribution in [3.8, 4) is 6.07 Å². The highest BCUT2D eigenvalue weighted by molar-refractivity contribution is 5.80. The Morgan fingerprint density at radius 1 is 1.44 bits per heavy atom. The summed E-state index contributed by atoms with van der Waals surface area (Å²) in [6.45, 7) is 4.75. The number of carbonyl (C=O) groups excluding carboxylic acids is 1. The van der Waals surface area contributed by atoms with Gasteiger partial charge in [0.05, 0.1) is 6.07 Å². The predicted octanol–water partition coefficient (Wildman–Crippen LogP) is 2.19. The SMILES string of the molecule is CCN(Cc1ccccc1)C(=O)C(C)C#N. The second kappa shape index (κ2) is 5.92. The molecular formula is C13H16N2O. The molecule has 16 heavy (non-hydrogen) atoms. The zero-order chi connectivity index (χ0) is 12.0. The van der Waals surface area contributed by atoms with E-state index in [-0.39, 0.29) is 5.91 Å². The summed E-state index contributed by atoms with van der Waals surface area (Å²) < 4.78 is 0. The van der Waals surface area contributed by atoms with E-state index in [2.05, 4.69) is 0 Å². The molecule has 0 aliphatic heterocycles. The lowest BCUT2D eigenvalue weighted by atomic mass is 10.1. The molecule has 0 aliphatic rings. The second-order valence-electron chi connectivity index (χ2n) is 3.69. The first-order valence-electron chi connectivity index (χ1n) is 5.41. The monoisotopic (exact) mass is 216 g/mol. The molecular weight excluding hydrogens is 200 g/mol. The fraction of sp³-hybridized carbons (Fsp3) is 0.385. The molecule has 1 aromatic carbocycles. The number of rotatable bonds is 4. The van der Waals surface area contributed by atoms with Gasteiger partial charge in [-0.05, 0) is 19.4 Å². The van der Waals surface area contributed by atoms with Crippen LogP contribution in [0, 0.1) is 17.2 Å². The molecule has 3 nitrogen and oxygen atoms in total. The fourth-order valence-electron chi connectivity index (χ4n) is 1.48. The van der Waals surface area contributed by atoms with Gasteiger partial charge in [0, 0.05) is 13.1 Å². The van der Waals surface area contributed by atoms with E-state index in [1.165, 1.54) is 0 Å². The Bertz CT molecular complexity index is 381. The summed E-state index contributed by atoms with van der Waals surface area (Å²) >= 11 is 0. The lowest BCUT2D eigenvalue weighted by Crippen LogP contribution is -2.34. The van der Waals surface area contributed by atoms with E-state index in [0.29, 0.717) is 13.1 Å². The molecule has 1 amide bonds. The van der Waals surface area contributed by atoms with Gasteiger partial charge in [-0.15, -0.1) is 0 Å². The number of hydrogen-bond acceptors (Lipinski definition) is 2. The zero-order valence-electron chi connectivity index (χ0n) is 9.68. The Morgan fingerprint density at radius 2 is 2.06 bits per heavy atom. The van der Waals surface area contributed by atoms with Gasteiger partial charge in [-0.25, -0.2) is 0 Å². The van der Waals surface area contributed by atoms with Crippen LogP contribution in [0.5, 0.6) is 0 Å². The van der Waals surface area contributed by atoms with E-state index in [1.54, 1.807) is 11.8 Å². The highest BCUT2D eigenvalue weighted by atomic mass is 16.2. The maximum atomic E-state index is 11.8. The van der Waals surface area contributed by atoms with Gasteiger partial charge < -0.3 is 4.90 Å². The van der Waals surface area contributed by atoms with Crippen molar-refractivity contribution in [3.05, 3.63) is 35.9 Å². The van der Waals surface area contributed by atoms with E-state index in [0.717, 1.165) is 5.56 Å². The van der Waals surface area contributed by atoms with Gasteiger partial charge in [-0.2, -0.15) is 5.26 Å². The van der Waals surface area contributed by atoms with Gasteiger partial charge in [0.25, 0.3) is 0 Å². The van der Waals surface area contributed by atoms with Crippen molar-refractivity contribution < 1.29 is 4.79 Å². The molecule has 0 fully saturated rings. The highest BCUT2D eigenvalue weighted by Crippen LogP contribution is 2.08. The maximum Gasteiger partial charge on any atom is 0.239 e. The van der Waals surface area contributed by atoms with E-state index in [1.807, 2.05) is 43.3 Å². The quantitative estimate of drug-likeness (QED) is 0.774. The summed E-state index contributed by atoms with van der Waals surface area (Å²) in [6, 6.07) is 11.8. The van der Waals surface area contributed by atoms with E-state index >= 15 is 0 Å². The van der Waals surface area contributed by atoms with E-state index in [4.69, 9.17) is 5.26 Å². The molecule has 0 aliphatic carbocycles. The molecule has 0 aromatic heterocycles. The summed E-state index contributed by atoms with van der Waals surface area (Å²) in [4.78, 5) is 13.5. The van der Waals surface area contributed by atoms with Crippen molar-refractivity contribution in [2.24, 2.45) is 5.92 Å². The maximum absolute atomic E-state index is 11.8. The minimum absolute atomic E-state index is 0.103. The first-order valence-corrected chi connectivity index (χ1v) is 5.41. The molecule has 1 rings (SSSR count). The van der Waals surface area contributed by atoms with Gasteiger partial charge in [0.1, 0.15) is 5.92 Å². The highest BCUT2D eigenvalue weighted by Gasteiger charge is 2.18. The van der Waals surface area contributed by atoms with Crippen molar-refractivity contribution in [2.45, 2.75) is 20.4 Å². The third kappa shape index (κ3) is 3.09. The van der Waals surface area contributed by atoms with Crippen LogP contribution in [0.1, 0.15) is 19.4 Å². The Hall–Kier alpha value is -1.82. The predicted molar refractivity (Wildman–Crippen MR) is 62.3 cm³/mol. The average molecular weight is 216 g/mol. The average Bonchev–Trinajstić information content (AvgIpc) is 2.35. The van der Waals surface area contributed by atoms with Gasteiger partial charge in [-0.3, -0.25) is 4.79 Å². The van der Waals surface area contributed by atoms with Crippen LogP contribution in [-0.2, 0) is 11.3 Å². The van der Waals surface area contributed by atoms with Gasteiger partial charge >= 0.3 is 0 Å². The van der Waals surface area contributed by atoms with E-state index < -0.39 is 5.92 Å².